The summed E-state index contributed by atoms with van der Waals surface area (Å²) < 4.78 is 5.41. The number of non-ortho nitro benzene ring substituents is 1. The van der Waals surface area contributed by atoms with Crippen molar-refractivity contribution in [2.24, 2.45) is 11.0 Å². The summed E-state index contributed by atoms with van der Waals surface area (Å²) in [5, 5.41) is 15.6. The van der Waals surface area contributed by atoms with Crippen molar-refractivity contribution in [3.63, 3.8) is 0 Å². The molecule has 1 fully saturated rings. The molecule has 1 aliphatic carbocycles. The molecule has 1 aromatic heterocycles. The van der Waals surface area contributed by atoms with Crippen molar-refractivity contribution in [1.82, 2.24) is 5.43 Å². The van der Waals surface area contributed by atoms with Gasteiger partial charge in [-0.25, -0.2) is 0 Å². The van der Waals surface area contributed by atoms with Gasteiger partial charge in [-0.15, -0.1) is 0 Å². The molecule has 0 radical (unpaired) electrons. The number of nitrogens with one attached hydrogen (secondary N) is 1. The highest BCUT2D eigenvalue weighted by molar-refractivity contribution is 6.06. The summed E-state index contributed by atoms with van der Waals surface area (Å²) in [6.07, 6.45) is 6.77. The minimum Gasteiger partial charge on any atom is -0.465 e. The van der Waals surface area contributed by atoms with Crippen LogP contribution in [0.15, 0.2) is 57.8 Å². The van der Waals surface area contributed by atoms with Crippen molar-refractivity contribution in [2.75, 3.05) is 0 Å². The van der Waals surface area contributed by atoms with Gasteiger partial charge in [0.25, 0.3) is 5.69 Å². The molecule has 2 heterocycles. The molecule has 2 aromatic rings. The van der Waals surface area contributed by atoms with Crippen LogP contribution in [0.4, 0.5) is 5.69 Å². The van der Waals surface area contributed by atoms with E-state index in [4.69, 9.17) is 4.42 Å². The molecule has 0 unspecified atom stereocenters. The molecule has 0 amide bonds. The normalized spacial score (nSPS) is 24.3. The third-order valence-electron chi connectivity index (χ3n) is 4.67. The van der Waals surface area contributed by atoms with Crippen LogP contribution in [0.2, 0.25) is 0 Å². The molecule has 1 aliphatic heterocycles. The third kappa shape index (κ3) is 2.60. The van der Waals surface area contributed by atoms with Crippen LogP contribution in [0.3, 0.4) is 0 Å². The molecule has 0 saturated heterocycles. The second-order valence-corrected chi connectivity index (χ2v) is 6.14. The maximum atomic E-state index is 11.0. The molecule has 2 aliphatic rings. The Hall–Kier alpha value is -2.89. The molecule has 6 nitrogen and oxygen atoms in total. The molecule has 6 heteroatoms. The molecular weight excluding hydrogens is 306 g/mol. The number of allylic oxidation sites excluding steroid dienone is 1. The zero-order valence-corrected chi connectivity index (χ0v) is 13.0. The van der Waals surface area contributed by atoms with Crippen LogP contribution in [0.1, 0.15) is 36.6 Å². The first-order valence-electron chi connectivity index (χ1n) is 8.04. The van der Waals surface area contributed by atoms with E-state index in [-0.39, 0.29) is 22.6 Å². The zero-order chi connectivity index (χ0) is 16.5. The van der Waals surface area contributed by atoms with Crippen LogP contribution < -0.4 is 5.43 Å². The number of nitrogens with zero attached hydrogens (tertiary/aromatic N) is 2. The topological polar surface area (TPSA) is 80.7 Å². The minimum atomic E-state index is -0.358. The first-order valence-corrected chi connectivity index (χ1v) is 8.04. The Morgan fingerprint density at radius 1 is 1.33 bits per heavy atom. The number of fused-ring (bicyclic) bond motifs is 1. The fourth-order valence-corrected chi connectivity index (χ4v) is 3.55. The SMILES string of the molecule is O=[N+]([O-])c1cccc([C@@H]2NN=C3/C(=C/c4ccco4)CCC[C@@H]32)c1. The number of nitro benzene ring substituents is 1. The maximum Gasteiger partial charge on any atom is 0.269 e. The van der Waals surface area contributed by atoms with Gasteiger partial charge in [0.1, 0.15) is 5.76 Å². The predicted octanol–water partition coefficient (Wildman–Crippen LogP) is 4.07. The van der Waals surface area contributed by atoms with Crippen molar-refractivity contribution >= 4 is 17.5 Å². The number of nitro groups is 1. The van der Waals surface area contributed by atoms with E-state index in [1.54, 1.807) is 18.4 Å². The van der Waals surface area contributed by atoms with Crippen molar-refractivity contribution in [3.8, 4) is 0 Å². The Morgan fingerprint density at radius 2 is 2.25 bits per heavy atom. The van der Waals surface area contributed by atoms with Crippen LogP contribution in [0.25, 0.3) is 6.08 Å². The van der Waals surface area contributed by atoms with Crippen LogP contribution >= 0.6 is 0 Å². The average molecular weight is 323 g/mol. The largest absolute Gasteiger partial charge is 0.465 e. The fraction of sp³-hybridized carbons (Fsp3) is 0.278. The summed E-state index contributed by atoms with van der Waals surface area (Å²) in [7, 11) is 0. The van der Waals surface area contributed by atoms with E-state index in [1.165, 1.54) is 11.6 Å². The van der Waals surface area contributed by atoms with Crippen molar-refractivity contribution in [1.29, 1.82) is 0 Å². The smallest absolute Gasteiger partial charge is 0.269 e. The van der Waals surface area contributed by atoms with E-state index in [0.717, 1.165) is 36.3 Å². The lowest BCUT2D eigenvalue weighted by Crippen LogP contribution is -2.25. The molecule has 2 atom stereocenters. The van der Waals surface area contributed by atoms with Crippen LogP contribution in [-0.4, -0.2) is 10.6 Å². The highest BCUT2D eigenvalue weighted by Crippen LogP contribution is 2.39. The third-order valence-corrected chi connectivity index (χ3v) is 4.67. The van der Waals surface area contributed by atoms with Gasteiger partial charge in [-0.3, -0.25) is 10.1 Å². The molecule has 24 heavy (non-hydrogen) atoms. The summed E-state index contributed by atoms with van der Waals surface area (Å²) in [4.78, 5) is 10.7. The second kappa shape index (κ2) is 5.96. The van der Waals surface area contributed by atoms with E-state index < -0.39 is 0 Å². The number of hydrazone groups is 1. The molecular formula is C18H17N3O3. The van der Waals surface area contributed by atoms with Gasteiger partial charge in [0.2, 0.25) is 0 Å². The summed E-state index contributed by atoms with van der Waals surface area (Å²) in [5.74, 6) is 1.06. The standard InChI is InChI=1S/C18H17N3O3/c22-21(23)14-6-1-4-12(10-14)17-16-8-2-5-13(18(16)20-19-17)11-15-7-3-9-24-15/h1,3-4,6-7,9-11,16-17,19H,2,5,8H2/b13-11+/t16-,17+/m1/s1. The quantitative estimate of drug-likeness (QED) is 0.682. The van der Waals surface area contributed by atoms with Gasteiger partial charge in [0, 0.05) is 18.1 Å². The molecule has 0 spiro atoms. The molecule has 1 N–H and O–H groups in total. The molecule has 1 saturated carbocycles. The van der Waals surface area contributed by atoms with Gasteiger partial charge >= 0.3 is 0 Å². The van der Waals surface area contributed by atoms with Gasteiger partial charge in [0.15, 0.2) is 0 Å². The van der Waals surface area contributed by atoms with E-state index >= 15 is 0 Å². The van der Waals surface area contributed by atoms with Crippen molar-refractivity contribution < 1.29 is 9.34 Å². The van der Waals surface area contributed by atoms with Crippen LogP contribution in [0.5, 0.6) is 0 Å². The summed E-state index contributed by atoms with van der Waals surface area (Å²) in [6, 6.07) is 10.6. The minimum absolute atomic E-state index is 0.0137. The van der Waals surface area contributed by atoms with Gasteiger partial charge in [-0.2, -0.15) is 5.10 Å². The Morgan fingerprint density at radius 3 is 3.04 bits per heavy atom. The Labute approximate surface area is 139 Å². The predicted molar refractivity (Wildman–Crippen MR) is 90.4 cm³/mol. The summed E-state index contributed by atoms with van der Waals surface area (Å²) in [5.41, 5.74) is 6.44. The number of rotatable bonds is 3. The molecule has 0 bridgehead atoms. The highest BCUT2D eigenvalue weighted by Gasteiger charge is 2.37. The van der Waals surface area contributed by atoms with E-state index in [2.05, 4.69) is 10.5 Å². The Bertz CT molecular complexity index is 824. The van der Waals surface area contributed by atoms with Gasteiger partial charge in [0.05, 0.1) is 22.9 Å². The number of furan rings is 1. The lowest BCUT2D eigenvalue weighted by molar-refractivity contribution is -0.384. The van der Waals surface area contributed by atoms with E-state index in [9.17, 15) is 10.1 Å². The van der Waals surface area contributed by atoms with Gasteiger partial charge in [-0.05, 0) is 48.6 Å². The van der Waals surface area contributed by atoms with Crippen LogP contribution in [0, 0.1) is 16.0 Å². The first-order chi connectivity index (χ1) is 11.7. The average Bonchev–Trinajstić information content (AvgIpc) is 3.25. The van der Waals surface area contributed by atoms with E-state index in [0.29, 0.717) is 0 Å². The monoisotopic (exact) mass is 323 g/mol. The lowest BCUT2D eigenvalue weighted by atomic mass is 9.78. The maximum absolute atomic E-state index is 11.0. The fourth-order valence-electron chi connectivity index (χ4n) is 3.55. The van der Waals surface area contributed by atoms with E-state index in [1.807, 2.05) is 24.3 Å². The molecule has 4 rings (SSSR count). The van der Waals surface area contributed by atoms with Crippen molar-refractivity contribution in [2.45, 2.75) is 25.3 Å². The Balaban J connectivity index is 1.62. The summed E-state index contributed by atoms with van der Waals surface area (Å²) in [6.45, 7) is 0. The Kier molecular flexibility index (Phi) is 3.65. The highest BCUT2D eigenvalue weighted by atomic mass is 16.6. The van der Waals surface area contributed by atoms with Gasteiger partial charge in [-0.1, -0.05) is 12.1 Å². The van der Waals surface area contributed by atoms with Crippen molar-refractivity contribution in [3.05, 3.63) is 69.7 Å². The first kappa shape index (κ1) is 14.7. The zero-order valence-electron chi connectivity index (χ0n) is 13.0. The second-order valence-electron chi connectivity index (χ2n) is 6.14. The van der Waals surface area contributed by atoms with Gasteiger partial charge < -0.3 is 9.84 Å². The molecule has 1 aromatic carbocycles. The molecule has 122 valence electrons. The number of benzene rings is 1. The summed E-state index contributed by atoms with van der Waals surface area (Å²) >= 11 is 0. The lowest BCUT2D eigenvalue weighted by Gasteiger charge is -2.26. The number of hydrogen-bond acceptors (Lipinski definition) is 5. The van der Waals surface area contributed by atoms with Crippen LogP contribution in [-0.2, 0) is 0 Å². The number of hydrogen-bond donors (Lipinski definition) is 1.